The molecular formula is C27H36N2O2. The van der Waals surface area contributed by atoms with Crippen molar-refractivity contribution in [2.24, 2.45) is 22.7 Å². The van der Waals surface area contributed by atoms with Crippen molar-refractivity contribution < 1.29 is 9.90 Å². The predicted octanol–water partition coefficient (Wildman–Crippen LogP) is 6.06. The minimum absolute atomic E-state index is 0.179. The van der Waals surface area contributed by atoms with E-state index in [0.717, 1.165) is 56.6 Å². The van der Waals surface area contributed by atoms with Crippen molar-refractivity contribution in [3.8, 4) is 6.07 Å². The summed E-state index contributed by atoms with van der Waals surface area (Å²) < 4.78 is 0. The number of aliphatic hydroxyl groups is 1. The number of nitrogens with zero attached hydrogens (tertiary/aromatic N) is 2. The Labute approximate surface area is 186 Å². The number of carbonyl (C=O) groups excluding carboxylic acids is 1. The van der Waals surface area contributed by atoms with E-state index >= 15 is 0 Å². The SMILES string of the molecule is CC(O)(CC(=O)CCC/C1=N/c2ccc(C#N)cc2CCC(C2CCC2)C1)C1CCC1. The summed E-state index contributed by atoms with van der Waals surface area (Å²) in [6.45, 7) is 1.84. The molecule has 4 nitrogen and oxygen atoms in total. The molecule has 166 valence electrons. The Bertz CT molecular complexity index is 872. The normalized spacial score (nSPS) is 25.5. The molecule has 2 atom stereocenters. The Hall–Kier alpha value is -1.99. The molecule has 0 bridgehead atoms. The first-order chi connectivity index (χ1) is 14.9. The quantitative estimate of drug-likeness (QED) is 0.555. The molecule has 0 aromatic heterocycles. The Morgan fingerprint density at radius 2 is 1.97 bits per heavy atom. The van der Waals surface area contributed by atoms with Gasteiger partial charge in [0.25, 0.3) is 0 Å². The number of benzene rings is 1. The van der Waals surface area contributed by atoms with Crippen molar-refractivity contribution >= 4 is 17.2 Å². The monoisotopic (exact) mass is 420 g/mol. The summed E-state index contributed by atoms with van der Waals surface area (Å²) in [6, 6.07) is 8.10. The molecule has 31 heavy (non-hydrogen) atoms. The lowest BCUT2D eigenvalue weighted by Crippen LogP contribution is -2.40. The van der Waals surface area contributed by atoms with Crippen molar-refractivity contribution in [3.63, 3.8) is 0 Å². The van der Waals surface area contributed by atoms with E-state index in [4.69, 9.17) is 4.99 Å². The number of aliphatic imine (C=N–C) groups is 1. The zero-order valence-electron chi connectivity index (χ0n) is 18.9. The van der Waals surface area contributed by atoms with Gasteiger partial charge in [-0.05, 0) is 93.4 Å². The van der Waals surface area contributed by atoms with Crippen LogP contribution in [0.4, 0.5) is 5.69 Å². The Morgan fingerprint density at radius 1 is 1.19 bits per heavy atom. The summed E-state index contributed by atoms with van der Waals surface area (Å²) in [6.07, 6.45) is 12.9. The molecule has 1 aliphatic heterocycles. The van der Waals surface area contributed by atoms with Crippen molar-refractivity contribution in [3.05, 3.63) is 29.3 Å². The Kier molecular flexibility index (Phi) is 6.92. The van der Waals surface area contributed by atoms with Crippen LogP contribution in [0.3, 0.4) is 0 Å². The van der Waals surface area contributed by atoms with Crippen LogP contribution in [-0.2, 0) is 11.2 Å². The second-order valence-electron chi connectivity index (χ2n) is 10.4. The fourth-order valence-electron chi connectivity index (χ4n) is 5.55. The van der Waals surface area contributed by atoms with Gasteiger partial charge >= 0.3 is 0 Å². The molecule has 0 amide bonds. The molecule has 2 fully saturated rings. The lowest BCUT2D eigenvalue weighted by atomic mass is 9.71. The minimum atomic E-state index is -0.834. The number of Topliss-reactive ketones (excluding diaryl/α,β-unsaturated/α-hetero) is 1. The largest absolute Gasteiger partial charge is 0.389 e. The third-order valence-corrected chi connectivity index (χ3v) is 8.05. The minimum Gasteiger partial charge on any atom is -0.389 e. The molecule has 2 unspecified atom stereocenters. The highest BCUT2D eigenvalue weighted by atomic mass is 16.3. The molecule has 2 saturated carbocycles. The van der Waals surface area contributed by atoms with Gasteiger partial charge in [-0.15, -0.1) is 0 Å². The van der Waals surface area contributed by atoms with Crippen LogP contribution in [0.5, 0.6) is 0 Å². The van der Waals surface area contributed by atoms with E-state index in [1.54, 1.807) is 0 Å². The number of aryl methyl sites for hydroxylation is 1. The molecule has 1 heterocycles. The van der Waals surface area contributed by atoms with Crippen LogP contribution in [0.2, 0.25) is 0 Å². The van der Waals surface area contributed by atoms with Gasteiger partial charge in [0.15, 0.2) is 0 Å². The van der Waals surface area contributed by atoms with E-state index in [2.05, 4.69) is 6.07 Å². The number of carbonyl (C=O) groups is 1. The van der Waals surface area contributed by atoms with E-state index in [9.17, 15) is 15.2 Å². The molecule has 0 spiro atoms. The van der Waals surface area contributed by atoms with E-state index in [1.165, 1.54) is 37.0 Å². The summed E-state index contributed by atoms with van der Waals surface area (Å²) in [4.78, 5) is 17.6. The molecule has 4 rings (SSSR count). The van der Waals surface area contributed by atoms with Crippen LogP contribution in [0.15, 0.2) is 23.2 Å². The van der Waals surface area contributed by atoms with Crippen molar-refractivity contribution in [2.45, 2.75) is 96.0 Å². The van der Waals surface area contributed by atoms with E-state index in [-0.39, 0.29) is 12.2 Å². The molecule has 1 N–H and O–H groups in total. The zero-order chi connectivity index (χ0) is 21.8. The fraction of sp³-hybridized carbons (Fsp3) is 0.667. The molecule has 4 heteroatoms. The van der Waals surface area contributed by atoms with Crippen molar-refractivity contribution in [2.75, 3.05) is 0 Å². The number of ketones is 1. The smallest absolute Gasteiger partial charge is 0.135 e. The molecule has 1 aromatic carbocycles. The van der Waals surface area contributed by atoms with Crippen LogP contribution in [0, 0.1) is 29.1 Å². The van der Waals surface area contributed by atoms with Gasteiger partial charge in [-0.2, -0.15) is 5.26 Å². The van der Waals surface area contributed by atoms with Crippen LogP contribution in [0.25, 0.3) is 0 Å². The van der Waals surface area contributed by atoms with Crippen molar-refractivity contribution in [1.82, 2.24) is 0 Å². The molecule has 3 aliphatic rings. The molecule has 1 aromatic rings. The van der Waals surface area contributed by atoms with Gasteiger partial charge in [-0.3, -0.25) is 9.79 Å². The predicted molar refractivity (Wildman–Crippen MR) is 123 cm³/mol. The van der Waals surface area contributed by atoms with Crippen LogP contribution in [-0.4, -0.2) is 22.2 Å². The van der Waals surface area contributed by atoms with Gasteiger partial charge in [0.1, 0.15) is 5.78 Å². The summed E-state index contributed by atoms with van der Waals surface area (Å²) >= 11 is 0. The van der Waals surface area contributed by atoms with Gasteiger partial charge in [0.2, 0.25) is 0 Å². The molecular weight excluding hydrogens is 384 g/mol. The topological polar surface area (TPSA) is 73.4 Å². The maximum atomic E-state index is 12.5. The fourth-order valence-corrected chi connectivity index (χ4v) is 5.55. The highest BCUT2D eigenvalue weighted by Gasteiger charge is 2.37. The Morgan fingerprint density at radius 3 is 2.61 bits per heavy atom. The van der Waals surface area contributed by atoms with Gasteiger partial charge in [-0.1, -0.05) is 25.7 Å². The highest BCUT2D eigenvalue weighted by molar-refractivity contribution is 5.88. The summed E-state index contributed by atoms with van der Waals surface area (Å²) in [5.41, 5.74) is 3.27. The first kappa shape index (κ1) is 22.2. The number of hydrogen-bond donors (Lipinski definition) is 1. The first-order valence-corrected chi connectivity index (χ1v) is 12.3. The number of fused-ring (bicyclic) bond motifs is 1. The van der Waals surface area contributed by atoms with E-state index in [1.807, 2.05) is 25.1 Å². The highest BCUT2D eigenvalue weighted by Crippen LogP contribution is 2.41. The van der Waals surface area contributed by atoms with Crippen LogP contribution in [0.1, 0.15) is 95.1 Å². The Balaban J connectivity index is 1.40. The third kappa shape index (κ3) is 5.44. The van der Waals surface area contributed by atoms with Crippen molar-refractivity contribution in [1.29, 1.82) is 5.26 Å². The lowest BCUT2D eigenvalue weighted by molar-refractivity contribution is -0.127. The van der Waals surface area contributed by atoms with Gasteiger partial charge in [0.05, 0.1) is 22.9 Å². The number of hydrogen-bond acceptors (Lipinski definition) is 4. The van der Waals surface area contributed by atoms with E-state index < -0.39 is 5.60 Å². The molecule has 2 aliphatic carbocycles. The summed E-state index contributed by atoms with van der Waals surface area (Å²) in [7, 11) is 0. The molecule has 0 saturated heterocycles. The molecule has 0 radical (unpaired) electrons. The average molecular weight is 421 g/mol. The van der Waals surface area contributed by atoms with Gasteiger partial charge < -0.3 is 5.11 Å². The zero-order valence-corrected chi connectivity index (χ0v) is 18.9. The number of rotatable bonds is 8. The summed E-state index contributed by atoms with van der Waals surface area (Å²) in [5.74, 6) is 1.95. The second kappa shape index (κ2) is 9.65. The first-order valence-electron chi connectivity index (χ1n) is 12.3. The maximum absolute atomic E-state index is 12.5. The van der Waals surface area contributed by atoms with Crippen LogP contribution >= 0.6 is 0 Å². The van der Waals surface area contributed by atoms with Crippen LogP contribution < -0.4 is 0 Å². The summed E-state index contributed by atoms with van der Waals surface area (Å²) in [5, 5.41) is 19.9. The lowest BCUT2D eigenvalue weighted by Gasteiger charge is -2.38. The van der Waals surface area contributed by atoms with Gasteiger partial charge in [-0.25, -0.2) is 0 Å². The maximum Gasteiger partial charge on any atom is 0.135 e. The third-order valence-electron chi connectivity index (χ3n) is 8.05. The van der Waals surface area contributed by atoms with E-state index in [0.29, 0.717) is 23.8 Å². The van der Waals surface area contributed by atoms with Gasteiger partial charge in [0, 0.05) is 18.6 Å². The standard InChI is InChI=1S/C27H36N2O2/c1-27(31,23-7-3-8-23)17-25(30)10-4-9-24-16-21(20-5-2-6-20)12-13-22-15-19(18-28)11-14-26(22)29-24/h11,14-15,20-21,23,31H,2-10,12-13,16-17H2,1H3/b29-24-. The average Bonchev–Trinajstić information content (AvgIpc) is 2.61. The second-order valence-corrected chi connectivity index (χ2v) is 10.4. The number of nitriles is 1.